The molecule has 0 saturated carbocycles. The third-order valence-corrected chi connectivity index (χ3v) is 4.57. The summed E-state index contributed by atoms with van der Waals surface area (Å²) in [5.41, 5.74) is 0.738. The third kappa shape index (κ3) is 1.15. The molecule has 1 atom stereocenters. The van der Waals surface area contributed by atoms with Crippen LogP contribution in [0.3, 0.4) is 0 Å². The van der Waals surface area contributed by atoms with E-state index < -0.39 is 0 Å². The van der Waals surface area contributed by atoms with E-state index in [0.717, 1.165) is 11.5 Å². The molecule has 0 aliphatic carbocycles. The van der Waals surface area contributed by atoms with Crippen LogP contribution in [0.15, 0.2) is 0 Å². The van der Waals surface area contributed by atoms with Gasteiger partial charge in [-0.2, -0.15) is 0 Å². The van der Waals surface area contributed by atoms with E-state index in [0.29, 0.717) is 0 Å². The lowest BCUT2D eigenvalue weighted by Gasteiger charge is -2.39. The van der Waals surface area contributed by atoms with E-state index in [1.54, 1.807) is 0 Å². The highest BCUT2D eigenvalue weighted by molar-refractivity contribution is 5.03. The first kappa shape index (κ1) is 8.25. The van der Waals surface area contributed by atoms with Crippen molar-refractivity contribution in [2.24, 2.45) is 5.41 Å². The third-order valence-electron chi connectivity index (χ3n) is 4.57. The molecule has 0 bridgehead atoms. The van der Waals surface area contributed by atoms with Gasteiger partial charge in [-0.1, -0.05) is 0 Å². The van der Waals surface area contributed by atoms with Gasteiger partial charge >= 0.3 is 0 Å². The fraction of sp³-hybridized carbons (Fsp3) is 1.00. The topological polar surface area (TPSA) is 15.3 Å². The monoisotopic (exact) mass is 180 g/mol. The van der Waals surface area contributed by atoms with Crippen LogP contribution >= 0.6 is 0 Å². The summed E-state index contributed by atoms with van der Waals surface area (Å²) in [5, 5.41) is 3.50. The van der Waals surface area contributed by atoms with Crippen molar-refractivity contribution >= 4 is 0 Å². The summed E-state index contributed by atoms with van der Waals surface area (Å²) in [4.78, 5) is 2.76. The molecular formula is C11H20N2. The lowest BCUT2D eigenvalue weighted by Crippen LogP contribution is -2.43. The Hall–Kier alpha value is -0.0800. The van der Waals surface area contributed by atoms with E-state index in [4.69, 9.17) is 0 Å². The van der Waals surface area contributed by atoms with Crippen LogP contribution in [0.2, 0.25) is 0 Å². The van der Waals surface area contributed by atoms with Gasteiger partial charge in [0.25, 0.3) is 0 Å². The molecule has 0 aromatic heterocycles. The first-order valence-electron chi connectivity index (χ1n) is 5.86. The molecular weight excluding hydrogens is 160 g/mol. The van der Waals surface area contributed by atoms with Crippen molar-refractivity contribution < 1.29 is 0 Å². The van der Waals surface area contributed by atoms with Gasteiger partial charge in [0.2, 0.25) is 0 Å². The number of rotatable bonds is 0. The maximum atomic E-state index is 3.50. The molecule has 3 aliphatic rings. The van der Waals surface area contributed by atoms with Gasteiger partial charge in [-0.05, 0) is 63.7 Å². The summed E-state index contributed by atoms with van der Waals surface area (Å²) in [6, 6.07) is 0.967. The number of hydrogen-bond donors (Lipinski definition) is 1. The van der Waals surface area contributed by atoms with Gasteiger partial charge in [0.05, 0.1) is 0 Å². The molecule has 74 valence electrons. The average molecular weight is 180 g/mol. The summed E-state index contributed by atoms with van der Waals surface area (Å²) >= 11 is 0. The highest BCUT2D eigenvalue weighted by atomic mass is 15.2. The summed E-state index contributed by atoms with van der Waals surface area (Å²) < 4.78 is 0. The van der Waals surface area contributed by atoms with Crippen LogP contribution < -0.4 is 5.32 Å². The molecule has 3 aliphatic heterocycles. The minimum absolute atomic E-state index is 0.738. The van der Waals surface area contributed by atoms with E-state index in [-0.39, 0.29) is 0 Å². The Morgan fingerprint density at radius 2 is 1.92 bits per heavy atom. The molecule has 1 spiro atoms. The molecule has 0 amide bonds. The first-order valence-corrected chi connectivity index (χ1v) is 5.86. The van der Waals surface area contributed by atoms with Crippen molar-refractivity contribution in [3.05, 3.63) is 0 Å². The minimum atomic E-state index is 0.738. The zero-order valence-electron chi connectivity index (χ0n) is 8.39. The van der Waals surface area contributed by atoms with E-state index >= 15 is 0 Å². The van der Waals surface area contributed by atoms with Crippen molar-refractivity contribution in [1.29, 1.82) is 0 Å². The van der Waals surface area contributed by atoms with Gasteiger partial charge in [0.1, 0.15) is 0 Å². The van der Waals surface area contributed by atoms with Crippen LogP contribution in [0, 0.1) is 5.41 Å². The lowest BCUT2D eigenvalue weighted by molar-refractivity contribution is 0.141. The average Bonchev–Trinajstić information content (AvgIpc) is 2.73. The predicted octanol–water partition coefficient (Wildman–Crippen LogP) is 1.22. The standard InChI is InChI=1S/C11H20N2/c1-2-10-11(3-6-12-7-4-11)5-9-13(10)8-1/h10,12H,1-9H2. The number of piperidine rings is 1. The zero-order chi connectivity index (χ0) is 8.73. The molecule has 3 saturated heterocycles. The summed E-state index contributed by atoms with van der Waals surface area (Å²) in [5.74, 6) is 0. The Morgan fingerprint density at radius 1 is 1.08 bits per heavy atom. The zero-order valence-corrected chi connectivity index (χ0v) is 8.39. The van der Waals surface area contributed by atoms with E-state index in [1.807, 2.05) is 0 Å². The Labute approximate surface area is 80.7 Å². The minimum Gasteiger partial charge on any atom is -0.317 e. The molecule has 1 unspecified atom stereocenters. The van der Waals surface area contributed by atoms with Crippen molar-refractivity contribution in [1.82, 2.24) is 10.2 Å². The number of fused-ring (bicyclic) bond motifs is 2. The van der Waals surface area contributed by atoms with Crippen LogP contribution in [-0.2, 0) is 0 Å². The molecule has 2 heteroatoms. The molecule has 13 heavy (non-hydrogen) atoms. The van der Waals surface area contributed by atoms with E-state index in [1.165, 1.54) is 58.3 Å². The smallest absolute Gasteiger partial charge is 0.0154 e. The van der Waals surface area contributed by atoms with Crippen LogP contribution in [0.5, 0.6) is 0 Å². The fourth-order valence-electron chi connectivity index (χ4n) is 3.83. The predicted molar refractivity (Wildman–Crippen MR) is 53.7 cm³/mol. The van der Waals surface area contributed by atoms with Gasteiger partial charge in [-0.25, -0.2) is 0 Å². The van der Waals surface area contributed by atoms with Crippen molar-refractivity contribution in [2.45, 2.75) is 38.1 Å². The van der Waals surface area contributed by atoms with Crippen LogP contribution in [0.4, 0.5) is 0 Å². The summed E-state index contributed by atoms with van der Waals surface area (Å²) in [6.45, 7) is 5.32. The number of nitrogens with one attached hydrogen (secondary N) is 1. The van der Waals surface area contributed by atoms with Crippen molar-refractivity contribution in [2.75, 3.05) is 26.2 Å². The normalized spacial score (nSPS) is 38.3. The Kier molecular flexibility index (Phi) is 1.88. The molecule has 1 N–H and O–H groups in total. The number of hydrogen-bond acceptors (Lipinski definition) is 2. The largest absolute Gasteiger partial charge is 0.317 e. The van der Waals surface area contributed by atoms with Crippen molar-refractivity contribution in [3.8, 4) is 0 Å². The Balaban J connectivity index is 1.81. The highest BCUT2D eigenvalue weighted by Gasteiger charge is 2.48. The summed E-state index contributed by atoms with van der Waals surface area (Å²) in [7, 11) is 0. The van der Waals surface area contributed by atoms with Gasteiger partial charge in [0, 0.05) is 6.04 Å². The van der Waals surface area contributed by atoms with Crippen molar-refractivity contribution in [3.63, 3.8) is 0 Å². The molecule has 3 fully saturated rings. The van der Waals surface area contributed by atoms with Gasteiger partial charge < -0.3 is 5.32 Å². The van der Waals surface area contributed by atoms with Gasteiger partial charge in [-0.15, -0.1) is 0 Å². The molecule has 3 rings (SSSR count). The highest BCUT2D eigenvalue weighted by Crippen LogP contribution is 2.48. The number of nitrogens with zero attached hydrogens (tertiary/aromatic N) is 1. The summed E-state index contributed by atoms with van der Waals surface area (Å²) in [6.07, 6.45) is 7.31. The Morgan fingerprint density at radius 3 is 2.77 bits per heavy atom. The molecule has 3 heterocycles. The maximum absolute atomic E-state index is 3.50. The molecule has 2 nitrogen and oxygen atoms in total. The van der Waals surface area contributed by atoms with E-state index in [9.17, 15) is 0 Å². The first-order chi connectivity index (χ1) is 6.41. The second-order valence-electron chi connectivity index (χ2n) is 5.06. The van der Waals surface area contributed by atoms with Gasteiger partial charge in [-0.3, -0.25) is 4.90 Å². The lowest BCUT2D eigenvalue weighted by atomic mass is 9.72. The SMILES string of the molecule is C1CC2N(C1)CCC21CCNCC1. The second-order valence-corrected chi connectivity index (χ2v) is 5.06. The second kappa shape index (κ2) is 2.96. The maximum Gasteiger partial charge on any atom is 0.0154 e. The van der Waals surface area contributed by atoms with Crippen LogP contribution in [-0.4, -0.2) is 37.1 Å². The fourth-order valence-corrected chi connectivity index (χ4v) is 3.83. The molecule has 0 aromatic rings. The van der Waals surface area contributed by atoms with E-state index in [2.05, 4.69) is 10.2 Å². The molecule has 0 aromatic carbocycles. The van der Waals surface area contributed by atoms with Crippen LogP contribution in [0.25, 0.3) is 0 Å². The Bertz CT molecular complexity index is 191. The molecule has 0 radical (unpaired) electrons. The van der Waals surface area contributed by atoms with Gasteiger partial charge in [0.15, 0.2) is 0 Å². The quantitative estimate of drug-likeness (QED) is 0.603. The van der Waals surface area contributed by atoms with Crippen LogP contribution in [0.1, 0.15) is 32.1 Å².